The molecule has 0 amide bonds. The molecule has 0 atom stereocenters. The Morgan fingerprint density at radius 2 is 1.90 bits per heavy atom. The van der Waals surface area contributed by atoms with Crippen LogP contribution in [-0.4, -0.2) is 51.9 Å². The van der Waals surface area contributed by atoms with Crippen molar-refractivity contribution in [1.29, 1.82) is 0 Å². The standard InChI is InChI=1S/C23H25NO6/c1-14-22-16(12-24(13-29-22)7-8-26-2)11-17-21(25)20(30-23(14)17)10-15-5-6-18(27-3)19(9-15)28-4/h5-6,9-11H,7-8,12-13H2,1-4H3. The van der Waals surface area contributed by atoms with Gasteiger partial charge in [-0.15, -0.1) is 0 Å². The van der Waals surface area contributed by atoms with Crippen molar-refractivity contribution in [1.82, 2.24) is 4.90 Å². The van der Waals surface area contributed by atoms with E-state index in [1.54, 1.807) is 39.5 Å². The largest absolute Gasteiger partial charge is 0.493 e. The van der Waals surface area contributed by atoms with Crippen molar-refractivity contribution in [3.05, 3.63) is 52.3 Å². The molecule has 0 bridgehead atoms. The fraction of sp³-hybridized carbons (Fsp3) is 0.348. The van der Waals surface area contributed by atoms with Gasteiger partial charge < -0.3 is 23.7 Å². The predicted molar refractivity (Wildman–Crippen MR) is 111 cm³/mol. The van der Waals surface area contributed by atoms with Crippen molar-refractivity contribution in [3.8, 4) is 23.0 Å². The van der Waals surface area contributed by atoms with Crippen LogP contribution in [0.4, 0.5) is 0 Å². The third-order valence-electron chi connectivity index (χ3n) is 5.32. The summed E-state index contributed by atoms with van der Waals surface area (Å²) in [6, 6.07) is 7.33. The Bertz CT molecular complexity index is 1010. The van der Waals surface area contributed by atoms with Crippen LogP contribution in [0.5, 0.6) is 23.0 Å². The van der Waals surface area contributed by atoms with Crippen molar-refractivity contribution in [3.63, 3.8) is 0 Å². The van der Waals surface area contributed by atoms with Gasteiger partial charge >= 0.3 is 0 Å². The summed E-state index contributed by atoms with van der Waals surface area (Å²) in [6.45, 7) is 4.51. The van der Waals surface area contributed by atoms with E-state index in [-0.39, 0.29) is 11.5 Å². The molecule has 0 unspecified atom stereocenters. The van der Waals surface area contributed by atoms with Crippen LogP contribution in [0.3, 0.4) is 0 Å². The van der Waals surface area contributed by atoms with Gasteiger partial charge in [-0.2, -0.15) is 0 Å². The number of ketones is 1. The molecule has 0 radical (unpaired) electrons. The number of ether oxygens (including phenoxy) is 5. The average Bonchev–Trinajstić information content (AvgIpc) is 3.07. The van der Waals surface area contributed by atoms with Gasteiger partial charge in [0.2, 0.25) is 5.78 Å². The number of Topliss-reactive ketones (excluding diaryl/α,β-unsaturated/α-hetero) is 1. The first-order chi connectivity index (χ1) is 14.5. The summed E-state index contributed by atoms with van der Waals surface area (Å²) in [4.78, 5) is 15.2. The number of benzene rings is 2. The van der Waals surface area contributed by atoms with Crippen LogP contribution in [-0.2, 0) is 11.3 Å². The monoisotopic (exact) mass is 411 g/mol. The van der Waals surface area contributed by atoms with Gasteiger partial charge in [0.15, 0.2) is 17.3 Å². The van der Waals surface area contributed by atoms with Crippen LogP contribution < -0.4 is 18.9 Å². The molecular weight excluding hydrogens is 386 g/mol. The number of carbonyl (C=O) groups excluding carboxylic acids is 1. The molecule has 7 heteroatoms. The number of fused-ring (bicyclic) bond motifs is 2. The molecule has 2 heterocycles. The molecule has 0 spiro atoms. The number of allylic oxidation sites excluding steroid dienone is 1. The van der Waals surface area contributed by atoms with Crippen molar-refractivity contribution < 1.29 is 28.5 Å². The molecule has 0 fully saturated rings. The van der Waals surface area contributed by atoms with Gasteiger partial charge in [-0.3, -0.25) is 9.69 Å². The molecule has 2 aromatic rings. The van der Waals surface area contributed by atoms with Gasteiger partial charge in [-0.05, 0) is 36.8 Å². The topological polar surface area (TPSA) is 66.5 Å². The lowest BCUT2D eigenvalue weighted by Crippen LogP contribution is -2.34. The molecule has 0 aromatic heterocycles. The SMILES string of the molecule is COCCN1COc2c(cc3c(c2C)OC(=Cc2ccc(OC)c(OC)c2)C3=O)C1. The number of hydrogen-bond acceptors (Lipinski definition) is 7. The molecule has 2 aromatic carbocycles. The van der Waals surface area contributed by atoms with Gasteiger partial charge in [0, 0.05) is 31.3 Å². The molecule has 0 aliphatic carbocycles. The second-order valence-electron chi connectivity index (χ2n) is 7.24. The maximum atomic E-state index is 13.0. The van der Waals surface area contributed by atoms with Crippen molar-refractivity contribution in [2.45, 2.75) is 13.5 Å². The quantitative estimate of drug-likeness (QED) is 0.675. The molecule has 7 nitrogen and oxygen atoms in total. The molecule has 30 heavy (non-hydrogen) atoms. The minimum Gasteiger partial charge on any atom is -0.493 e. The maximum Gasteiger partial charge on any atom is 0.231 e. The minimum absolute atomic E-state index is 0.139. The zero-order chi connectivity index (χ0) is 21.3. The maximum absolute atomic E-state index is 13.0. The van der Waals surface area contributed by atoms with E-state index in [2.05, 4.69) is 4.90 Å². The van der Waals surface area contributed by atoms with Gasteiger partial charge in [0.1, 0.15) is 18.2 Å². The average molecular weight is 411 g/mol. The summed E-state index contributed by atoms with van der Waals surface area (Å²) >= 11 is 0. The van der Waals surface area contributed by atoms with Crippen LogP contribution in [0.25, 0.3) is 6.08 Å². The minimum atomic E-state index is -0.139. The fourth-order valence-corrected chi connectivity index (χ4v) is 3.75. The summed E-state index contributed by atoms with van der Waals surface area (Å²) in [6.07, 6.45) is 1.72. The molecule has 0 N–H and O–H groups in total. The third kappa shape index (κ3) is 3.62. The van der Waals surface area contributed by atoms with Crippen molar-refractivity contribution >= 4 is 11.9 Å². The number of nitrogens with zero attached hydrogens (tertiary/aromatic N) is 1. The van der Waals surface area contributed by atoms with E-state index < -0.39 is 0 Å². The molecule has 0 saturated carbocycles. The Labute approximate surface area is 175 Å². The van der Waals surface area contributed by atoms with E-state index in [1.165, 1.54) is 0 Å². The third-order valence-corrected chi connectivity index (χ3v) is 5.32. The molecule has 4 rings (SSSR count). The Balaban J connectivity index is 1.64. The van der Waals surface area contributed by atoms with E-state index in [1.807, 2.05) is 19.1 Å². The highest BCUT2D eigenvalue weighted by Gasteiger charge is 2.33. The summed E-state index contributed by atoms with van der Waals surface area (Å²) in [5, 5.41) is 0. The predicted octanol–water partition coefficient (Wildman–Crippen LogP) is 3.43. The summed E-state index contributed by atoms with van der Waals surface area (Å²) < 4.78 is 27.7. The van der Waals surface area contributed by atoms with Crippen LogP contribution >= 0.6 is 0 Å². The summed E-state index contributed by atoms with van der Waals surface area (Å²) in [7, 11) is 4.84. The highest BCUT2D eigenvalue weighted by atomic mass is 16.5. The molecule has 2 aliphatic heterocycles. The summed E-state index contributed by atoms with van der Waals surface area (Å²) in [5.41, 5.74) is 3.18. The number of carbonyl (C=O) groups is 1. The smallest absolute Gasteiger partial charge is 0.231 e. The van der Waals surface area contributed by atoms with E-state index in [9.17, 15) is 4.79 Å². The number of methoxy groups -OCH3 is 3. The zero-order valence-corrected chi connectivity index (χ0v) is 17.6. The highest BCUT2D eigenvalue weighted by molar-refractivity contribution is 6.15. The van der Waals surface area contributed by atoms with Gasteiger partial charge in [-0.1, -0.05) is 6.07 Å². The fourth-order valence-electron chi connectivity index (χ4n) is 3.75. The lowest BCUT2D eigenvalue weighted by Gasteiger charge is -2.30. The van der Waals surface area contributed by atoms with Crippen LogP contribution in [0.15, 0.2) is 30.0 Å². The molecular formula is C23H25NO6. The second-order valence-corrected chi connectivity index (χ2v) is 7.24. The number of rotatable bonds is 6. The molecule has 0 saturated heterocycles. The lowest BCUT2D eigenvalue weighted by molar-refractivity contribution is 0.0649. The van der Waals surface area contributed by atoms with Crippen LogP contribution in [0, 0.1) is 6.92 Å². The Morgan fingerprint density at radius 1 is 1.10 bits per heavy atom. The zero-order valence-electron chi connectivity index (χ0n) is 17.6. The van der Waals surface area contributed by atoms with E-state index in [0.29, 0.717) is 42.7 Å². The van der Waals surface area contributed by atoms with Crippen LogP contribution in [0.2, 0.25) is 0 Å². The highest BCUT2D eigenvalue weighted by Crippen LogP contribution is 2.43. The van der Waals surface area contributed by atoms with E-state index >= 15 is 0 Å². The van der Waals surface area contributed by atoms with Crippen LogP contribution in [0.1, 0.15) is 27.0 Å². The Morgan fingerprint density at radius 3 is 2.63 bits per heavy atom. The lowest BCUT2D eigenvalue weighted by atomic mass is 10.00. The second kappa shape index (κ2) is 8.38. The molecule has 2 aliphatic rings. The van der Waals surface area contributed by atoms with Gasteiger partial charge in [-0.25, -0.2) is 0 Å². The van der Waals surface area contributed by atoms with E-state index in [0.717, 1.165) is 29.0 Å². The van der Waals surface area contributed by atoms with Gasteiger partial charge in [0.25, 0.3) is 0 Å². The first-order valence-corrected chi connectivity index (χ1v) is 9.72. The van der Waals surface area contributed by atoms with Crippen molar-refractivity contribution in [2.75, 3.05) is 41.2 Å². The number of hydrogen-bond donors (Lipinski definition) is 0. The summed E-state index contributed by atoms with van der Waals surface area (Å²) in [5.74, 6) is 2.71. The van der Waals surface area contributed by atoms with E-state index in [4.69, 9.17) is 23.7 Å². The first-order valence-electron chi connectivity index (χ1n) is 9.72. The first kappa shape index (κ1) is 20.3. The normalized spacial score (nSPS) is 16.7. The molecule has 158 valence electrons. The van der Waals surface area contributed by atoms with Crippen molar-refractivity contribution in [2.24, 2.45) is 0 Å². The Hall–Kier alpha value is -3.03. The Kier molecular flexibility index (Phi) is 5.65. The van der Waals surface area contributed by atoms with Gasteiger partial charge in [0.05, 0.1) is 26.4 Å².